The Morgan fingerprint density at radius 3 is 2.94 bits per heavy atom. The Bertz CT molecular complexity index is 392. The maximum absolute atomic E-state index is 6.08. The van der Waals surface area contributed by atoms with E-state index in [0.29, 0.717) is 16.8 Å². The summed E-state index contributed by atoms with van der Waals surface area (Å²) in [5.74, 6) is 0. The molecule has 1 saturated heterocycles. The molecule has 3 nitrogen and oxygen atoms in total. The van der Waals surface area contributed by atoms with Gasteiger partial charge in [0.15, 0.2) is 0 Å². The molecule has 17 heavy (non-hydrogen) atoms. The highest BCUT2D eigenvalue weighted by Crippen LogP contribution is 2.34. The van der Waals surface area contributed by atoms with Crippen LogP contribution in [0, 0.1) is 0 Å². The molecule has 0 spiro atoms. The number of rotatable bonds is 3. The lowest BCUT2D eigenvalue weighted by Crippen LogP contribution is -2.37. The predicted octanol–water partition coefficient (Wildman–Crippen LogP) is 2.45. The second-order valence-corrected chi connectivity index (χ2v) is 5.33. The fraction of sp³-hybridized carbons (Fsp3) is 0.538. The van der Waals surface area contributed by atoms with E-state index in [9.17, 15) is 0 Å². The number of likely N-dealkylation sites (N-methyl/N-ethyl adjacent to an activating group) is 1. The molecule has 1 heterocycles. The molecule has 0 saturated carbocycles. The second kappa shape index (κ2) is 5.15. The minimum atomic E-state index is 0.547. The zero-order valence-corrected chi connectivity index (χ0v) is 11.2. The van der Waals surface area contributed by atoms with Crippen molar-refractivity contribution in [2.24, 2.45) is 0 Å². The monoisotopic (exact) mass is 253 g/mol. The van der Waals surface area contributed by atoms with Crippen LogP contribution in [0.5, 0.6) is 0 Å². The molecule has 1 atom stereocenters. The van der Waals surface area contributed by atoms with Crippen molar-refractivity contribution < 1.29 is 0 Å². The standard InChI is InChI=1S/C13H20ClN3/c1-16(2)9-10-5-4-8-17(10)12-7-3-6-11(14)13(12)15/h3,6-7,10H,4-5,8-9,15H2,1-2H3. The van der Waals surface area contributed by atoms with E-state index in [2.05, 4.69) is 30.0 Å². The zero-order valence-electron chi connectivity index (χ0n) is 10.5. The second-order valence-electron chi connectivity index (χ2n) is 4.92. The molecule has 1 aliphatic heterocycles. The smallest absolute Gasteiger partial charge is 0.0741 e. The fourth-order valence-electron chi connectivity index (χ4n) is 2.54. The Morgan fingerprint density at radius 1 is 1.47 bits per heavy atom. The van der Waals surface area contributed by atoms with Gasteiger partial charge in [0.05, 0.1) is 16.4 Å². The number of nitrogens with two attached hydrogens (primary N) is 1. The van der Waals surface area contributed by atoms with Gasteiger partial charge in [-0.2, -0.15) is 0 Å². The first-order chi connectivity index (χ1) is 8.09. The molecule has 0 aliphatic carbocycles. The van der Waals surface area contributed by atoms with Gasteiger partial charge >= 0.3 is 0 Å². The van der Waals surface area contributed by atoms with E-state index >= 15 is 0 Å². The first kappa shape index (κ1) is 12.5. The summed E-state index contributed by atoms with van der Waals surface area (Å²) in [6.45, 7) is 2.13. The van der Waals surface area contributed by atoms with E-state index in [-0.39, 0.29) is 0 Å². The summed E-state index contributed by atoms with van der Waals surface area (Å²) in [6, 6.07) is 6.43. The van der Waals surface area contributed by atoms with Gasteiger partial charge < -0.3 is 15.5 Å². The van der Waals surface area contributed by atoms with Gasteiger partial charge in [-0.3, -0.25) is 0 Å². The summed E-state index contributed by atoms with van der Waals surface area (Å²) in [5.41, 5.74) is 7.86. The SMILES string of the molecule is CN(C)CC1CCCN1c1cccc(Cl)c1N. The van der Waals surface area contributed by atoms with Crippen LogP contribution in [0.3, 0.4) is 0 Å². The van der Waals surface area contributed by atoms with Crippen molar-refractivity contribution in [3.05, 3.63) is 23.2 Å². The maximum atomic E-state index is 6.08. The van der Waals surface area contributed by atoms with Crippen LogP contribution in [0.4, 0.5) is 11.4 Å². The molecule has 2 rings (SSSR count). The third-order valence-electron chi connectivity index (χ3n) is 3.29. The molecule has 4 heteroatoms. The Morgan fingerprint density at radius 2 is 2.24 bits per heavy atom. The van der Waals surface area contributed by atoms with E-state index in [0.717, 1.165) is 18.8 Å². The largest absolute Gasteiger partial charge is 0.396 e. The molecule has 0 aromatic heterocycles. The van der Waals surface area contributed by atoms with Gasteiger partial charge in [-0.1, -0.05) is 17.7 Å². The van der Waals surface area contributed by atoms with Crippen LogP contribution >= 0.6 is 11.6 Å². The summed E-state index contributed by atoms with van der Waals surface area (Å²) in [5, 5.41) is 0.651. The van der Waals surface area contributed by atoms with E-state index in [1.165, 1.54) is 12.8 Å². The Kier molecular flexibility index (Phi) is 3.79. The van der Waals surface area contributed by atoms with Crippen molar-refractivity contribution in [2.75, 3.05) is 37.8 Å². The summed E-state index contributed by atoms with van der Waals surface area (Å²) in [6.07, 6.45) is 2.45. The minimum Gasteiger partial charge on any atom is -0.396 e. The van der Waals surface area contributed by atoms with Gasteiger partial charge in [0.1, 0.15) is 0 Å². The average Bonchev–Trinajstić information content (AvgIpc) is 2.69. The number of halogens is 1. The number of hydrogen-bond donors (Lipinski definition) is 1. The highest BCUT2D eigenvalue weighted by atomic mass is 35.5. The maximum Gasteiger partial charge on any atom is 0.0741 e. The normalized spacial score (nSPS) is 20.2. The molecule has 0 radical (unpaired) electrons. The van der Waals surface area contributed by atoms with Crippen molar-refractivity contribution >= 4 is 23.0 Å². The van der Waals surface area contributed by atoms with E-state index in [1.54, 1.807) is 0 Å². The lowest BCUT2D eigenvalue weighted by atomic mass is 10.2. The quantitative estimate of drug-likeness (QED) is 0.840. The predicted molar refractivity (Wildman–Crippen MR) is 74.8 cm³/mol. The van der Waals surface area contributed by atoms with Crippen LogP contribution in [-0.4, -0.2) is 38.1 Å². The molecule has 94 valence electrons. The summed E-state index contributed by atoms with van der Waals surface area (Å²) in [7, 11) is 4.22. The number of nitrogen functional groups attached to an aromatic ring is 1. The van der Waals surface area contributed by atoms with Crippen molar-refractivity contribution in [3.63, 3.8) is 0 Å². The van der Waals surface area contributed by atoms with Gasteiger partial charge in [0.25, 0.3) is 0 Å². The van der Waals surface area contributed by atoms with E-state index in [4.69, 9.17) is 17.3 Å². The first-order valence-electron chi connectivity index (χ1n) is 6.05. The zero-order chi connectivity index (χ0) is 12.4. The molecule has 1 aromatic rings. The van der Waals surface area contributed by atoms with Crippen LogP contribution in [0.2, 0.25) is 5.02 Å². The van der Waals surface area contributed by atoms with E-state index < -0.39 is 0 Å². The molecule has 0 bridgehead atoms. The summed E-state index contributed by atoms with van der Waals surface area (Å²) < 4.78 is 0. The van der Waals surface area contributed by atoms with Crippen molar-refractivity contribution in [1.29, 1.82) is 0 Å². The number of benzene rings is 1. The van der Waals surface area contributed by atoms with Gasteiger partial charge in [0.2, 0.25) is 0 Å². The van der Waals surface area contributed by atoms with Gasteiger partial charge in [-0.05, 0) is 39.1 Å². The lowest BCUT2D eigenvalue weighted by molar-refractivity contribution is 0.372. The number of hydrogen-bond acceptors (Lipinski definition) is 3. The molecule has 0 amide bonds. The third kappa shape index (κ3) is 2.67. The molecule has 1 unspecified atom stereocenters. The Hall–Kier alpha value is -0.930. The average molecular weight is 254 g/mol. The summed E-state index contributed by atoms with van der Waals surface area (Å²) in [4.78, 5) is 4.62. The third-order valence-corrected chi connectivity index (χ3v) is 3.62. The number of para-hydroxylation sites is 1. The van der Waals surface area contributed by atoms with Crippen LogP contribution in [0.1, 0.15) is 12.8 Å². The summed E-state index contributed by atoms with van der Waals surface area (Å²) >= 11 is 6.08. The highest BCUT2D eigenvalue weighted by Gasteiger charge is 2.26. The molecular formula is C13H20ClN3. The molecular weight excluding hydrogens is 234 g/mol. The van der Waals surface area contributed by atoms with Crippen molar-refractivity contribution in [3.8, 4) is 0 Å². The van der Waals surface area contributed by atoms with Gasteiger partial charge in [0, 0.05) is 19.1 Å². The highest BCUT2D eigenvalue weighted by molar-refractivity contribution is 6.33. The Labute approximate surface area is 108 Å². The van der Waals surface area contributed by atoms with Crippen LogP contribution in [-0.2, 0) is 0 Å². The Balaban J connectivity index is 2.23. The van der Waals surface area contributed by atoms with Crippen molar-refractivity contribution in [2.45, 2.75) is 18.9 Å². The molecule has 2 N–H and O–H groups in total. The lowest BCUT2D eigenvalue weighted by Gasteiger charge is -2.30. The van der Waals surface area contributed by atoms with Crippen LogP contribution < -0.4 is 10.6 Å². The number of nitrogens with zero attached hydrogens (tertiary/aromatic N) is 2. The number of anilines is 2. The van der Waals surface area contributed by atoms with Crippen LogP contribution in [0.15, 0.2) is 18.2 Å². The van der Waals surface area contributed by atoms with Crippen molar-refractivity contribution in [1.82, 2.24) is 4.90 Å². The minimum absolute atomic E-state index is 0.547. The van der Waals surface area contributed by atoms with Gasteiger partial charge in [-0.15, -0.1) is 0 Å². The molecule has 1 aliphatic rings. The van der Waals surface area contributed by atoms with Gasteiger partial charge in [-0.25, -0.2) is 0 Å². The molecule has 1 aromatic carbocycles. The first-order valence-corrected chi connectivity index (χ1v) is 6.42. The topological polar surface area (TPSA) is 32.5 Å². The fourth-order valence-corrected chi connectivity index (χ4v) is 2.71. The molecule has 1 fully saturated rings. The van der Waals surface area contributed by atoms with E-state index in [1.807, 2.05) is 12.1 Å². The van der Waals surface area contributed by atoms with Crippen LogP contribution in [0.25, 0.3) is 0 Å².